The molecule has 0 bridgehead atoms. The number of hydrazone groups is 1. The molecule has 9 nitrogen and oxygen atoms in total. The summed E-state index contributed by atoms with van der Waals surface area (Å²) in [4.78, 5) is 23.2. The summed E-state index contributed by atoms with van der Waals surface area (Å²) >= 11 is 6.60. The zero-order chi connectivity index (χ0) is 29.4. The van der Waals surface area contributed by atoms with E-state index in [0.717, 1.165) is 12.5 Å². The van der Waals surface area contributed by atoms with Crippen LogP contribution in [0.25, 0.3) is 0 Å². The van der Waals surface area contributed by atoms with Gasteiger partial charge in [-0.1, -0.05) is 22.9 Å². The van der Waals surface area contributed by atoms with Crippen LogP contribution in [0.1, 0.15) is 41.8 Å². The molecule has 0 saturated carbocycles. The van der Waals surface area contributed by atoms with Gasteiger partial charge in [0.1, 0.15) is 0 Å². The largest absolute Gasteiger partial charge is 0.490 e. The maximum absolute atomic E-state index is 13.1. The number of hydrogen-bond acceptors (Lipinski definition) is 7. The number of halogens is 5. The number of nitrogens with zero attached hydrogens (tertiary/aromatic N) is 2. The molecule has 3 aromatic rings. The molecule has 0 fully saturated rings. The van der Waals surface area contributed by atoms with Crippen molar-refractivity contribution in [2.45, 2.75) is 26.4 Å². The van der Waals surface area contributed by atoms with Crippen molar-refractivity contribution < 1.29 is 37.1 Å². The second-order valence-corrected chi connectivity index (χ2v) is 9.76. The van der Waals surface area contributed by atoms with Crippen LogP contribution in [0.5, 0.6) is 23.0 Å². The molecule has 0 unspecified atom stereocenters. The molecule has 0 radical (unpaired) electrons. The molecule has 14 heteroatoms. The SMILES string of the molecule is CCCOc1ccc(C(=O)N/N=C/c2cc(Br)cc(Br)c2Oc2ccc(C(F)(F)F)cc2[N+](=O)[O-])cc1OCC. The molecule has 3 rings (SSSR count). The van der Waals surface area contributed by atoms with E-state index in [1.165, 1.54) is 12.3 Å². The van der Waals surface area contributed by atoms with Crippen LogP contribution in [0.2, 0.25) is 0 Å². The van der Waals surface area contributed by atoms with Crippen molar-refractivity contribution in [2.24, 2.45) is 5.10 Å². The normalized spacial score (nSPS) is 11.4. The van der Waals surface area contributed by atoms with Gasteiger partial charge in [-0.3, -0.25) is 14.9 Å². The zero-order valence-electron chi connectivity index (χ0n) is 21.1. The van der Waals surface area contributed by atoms with Crippen LogP contribution < -0.4 is 19.6 Å². The Morgan fingerprint density at radius 3 is 2.42 bits per heavy atom. The number of alkyl halides is 3. The summed E-state index contributed by atoms with van der Waals surface area (Å²) in [5.41, 5.74) is 0.800. The number of carbonyl (C=O) groups excluding carboxylic acids is 1. The molecule has 0 spiro atoms. The quantitative estimate of drug-likeness (QED) is 0.125. The van der Waals surface area contributed by atoms with E-state index in [4.69, 9.17) is 14.2 Å². The Morgan fingerprint density at radius 1 is 1.05 bits per heavy atom. The van der Waals surface area contributed by atoms with Gasteiger partial charge in [0.15, 0.2) is 17.2 Å². The van der Waals surface area contributed by atoms with Crippen molar-refractivity contribution in [2.75, 3.05) is 13.2 Å². The predicted octanol–water partition coefficient (Wildman–Crippen LogP) is 7.88. The smallest absolute Gasteiger partial charge is 0.416 e. The standard InChI is InChI=1S/C26H22Br2F3N3O6/c1-3-9-39-22-7-5-15(11-23(22)38-4-2)25(35)33-32-14-16-10-18(27)13-19(28)24(16)40-21-8-6-17(26(29,30)31)12-20(21)34(36)37/h5-8,10-14H,3-4,9H2,1-2H3,(H,33,35)/b32-14+. The van der Waals surface area contributed by atoms with Gasteiger partial charge in [-0.15, -0.1) is 0 Å². The van der Waals surface area contributed by atoms with Crippen molar-refractivity contribution in [1.29, 1.82) is 0 Å². The molecular weight excluding hydrogens is 667 g/mol. The van der Waals surface area contributed by atoms with Gasteiger partial charge < -0.3 is 14.2 Å². The van der Waals surface area contributed by atoms with Crippen LogP contribution in [0.3, 0.4) is 0 Å². The van der Waals surface area contributed by atoms with Crippen molar-refractivity contribution in [1.82, 2.24) is 5.43 Å². The van der Waals surface area contributed by atoms with Crippen LogP contribution >= 0.6 is 31.9 Å². The zero-order valence-corrected chi connectivity index (χ0v) is 24.2. The van der Waals surface area contributed by atoms with Crippen LogP contribution in [-0.2, 0) is 6.18 Å². The number of nitrogens with one attached hydrogen (secondary N) is 1. The molecule has 0 heterocycles. The minimum absolute atomic E-state index is 0.0140. The summed E-state index contributed by atoms with van der Waals surface area (Å²) in [7, 11) is 0. The Morgan fingerprint density at radius 2 is 1.77 bits per heavy atom. The summed E-state index contributed by atoms with van der Waals surface area (Å²) in [5.74, 6) is -0.0676. The first-order valence-corrected chi connectivity index (χ1v) is 13.3. The maximum atomic E-state index is 13.1. The molecule has 0 aliphatic rings. The number of nitro benzene ring substituents is 1. The van der Waals surface area contributed by atoms with E-state index in [9.17, 15) is 28.1 Å². The monoisotopic (exact) mass is 687 g/mol. The molecule has 40 heavy (non-hydrogen) atoms. The van der Waals surface area contributed by atoms with E-state index in [2.05, 4.69) is 42.4 Å². The fourth-order valence-electron chi connectivity index (χ4n) is 3.29. The first kappa shape index (κ1) is 30.9. The van der Waals surface area contributed by atoms with Crippen molar-refractivity contribution >= 4 is 49.7 Å². The van der Waals surface area contributed by atoms with Crippen LogP contribution in [0, 0.1) is 10.1 Å². The van der Waals surface area contributed by atoms with Crippen LogP contribution in [0.4, 0.5) is 18.9 Å². The summed E-state index contributed by atoms with van der Waals surface area (Å²) in [6.07, 6.45) is -2.75. The second-order valence-electron chi connectivity index (χ2n) is 7.99. The second kappa shape index (κ2) is 13.6. The molecule has 0 aliphatic heterocycles. The van der Waals surface area contributed by atoms with E-state index in [1.807, 2.05) is 6.92 Å². The third-order valence-electron chi connectivity index (χ3n) is 5.07. The molecule has 1 amide bonds. The number of carbonyl (C=O) groups is 1. The number of hydrogen-bond donors (Lipinski definition) is 1. The van der Waals surface area contributed by atoms with Gasteiger partial charge in [0.25, 0.3) is 5.91 Å². The number of ether oxygens (including phenoxy) is 3. The molecule has 212 valence electrons. The third-order valence-corrected chi connectivity index (χ3v) is 6.12. The van der Waals surface area contributed by atoms with E-state index in [1.54, 1.807) is 31.2 Å². The molecule has 0 atom stereocenters. The Hall–Kier alpha value is -3.65. The lowest BCUT2D eigenvalue weighted by molar-refractivity contribution is -0.385. The van der Waals surface area contributed by atoms with Gasteiger partial charge in [0.05, 0.1) is 34.4 Å². The average molecular weight is 689 g/mol. The lowest BCUT2D eigenvalue weighted by Gasteiger charge is -2.13. The molecule has 0 aliphatic carbocycles. The molecule has 0 saturated heterocycles. The lowest BCUT2D eigenvalue weighted by Crippen LogP contribution is -2.18. The van der Waals surface area contributed by atoms with Gasteiger partial charge in [0.2, 0.25) is 5.75 Å². The fourth-order valence-corrected chi connectivity index (χ4v) is 4.63. The highest BCUT2D eigenvalue weighted by atomic mass is 79.9. The highest BCUT2D eigenvalue weighted by Gasteiger charge is 2.33. The fraction of sp³-hybridized carbons (Fsp3) is 0.231. The Kier molecular flexibility index (Phi) is 10.5. The Balaban J connectivity index is 1.87. The lowest BCUT2D eigenvalue weighted by atomic mass is 10.1. The number of amides is 1. The van der Waals surface area contributed by atoms with Gasteiger partial charge >= 0.3 is 11.9 Å². The highest BCUT2D eigenvalue weighted by Crippen LogP contribution is 2.41. The minimum atomic E-state index is -4.77. The van der Waals surface area contributed by atoms with Gasteiger partial charge in [0, 0.05) is 21.7 Å². The third kappa shape index (κ3) is 7.94. The van der Waals surface area contributed by atoms with Crippen molar-refractivity contribution in [3.8, 4) is 23.0 Å². The Bertz CT molecular complexity index is 1430. The van der Waals surface area contributed by atoms with Gasteiger partial charge in [-0.25, -0.2) is 5.43 Å². The summed E-state index contributed by atoms with van der Waals surface area (Å²) in [6.45, 7) is 4.61. The van der Waals surface area contributed by atoms with Crippen molar-refractivity contribution in [3.05, 3.63) is 84.3 Å². The number of rotatable bonds is 11. The van der Waals surface area contributed by atoms with Gasteiger partial charge in [-0.05, 0) is 71.7 Å². The molecule has 3 aromatic carbocycles. The molecular formula is C26H22Br2F3N3O6. The first-order valence-electron chi connectivity index (χ1n) is 11.7. The Labute approximate surface area is 243 Å². The van der Waals surface area contributed by atoms with E-state index >= 15 is 0 Å². The number of nitro groups is 1. The summed E-state index contributed by atoms with van der Waals surface area (Å²) in [6, 6.07) is 9.73. The topological polar surface area (TPSA) is 112 Å². The average Bonchev–Trinajstić information content (AvgIpc) is 2.89. The first-order chi connectivity index (χ1) is 18.9. The maximum Gasteiger partial charge on any atom is 0.416 e. The van der Waals surface area contributed by atoms with Crippen molar-refractivity contribution in [3.63, 3.8) is 0 Å². The van der Waals surface area contributed by atoms with Gasteiger partial charge in [-0.2, -0.15) is 18.3 Å². The number of benzene rings is 3. The van der Waals surface area contributed by atoms with Crippen LogP contribution in [0.15, 0.2) is 62.6 Å². The summed E-state index contributed by atoms with van der Waals surface area (Å²) < 4.78 is 57.0. The molecule has 1 N–H and O–H groups in total. The minimum Gasteiger partial charge on any atom is -0.490 e. The predicted molar refractivity (Wildman–Crippen MR) is 148 cm³/mol. The van der Waals surface area contributed by atoms with E-state index < -0.39 is 34.0 Å². The van der Waals surface area contributed by atoms with Crippen LogP contribution in [-0.4, -0.2) is 30.3 Å². The summed E-state index contributed by atoms with van der Waals surface area (Å²) in [5, 5.41) is 15.4. The highest BCUT2D eigenvalue weighted by molar-refractivity contribution is 9.11. The molecule has 0 aromatic heterocycles. The van der Waals surface area contributed by atoms with E-state index in [-0.39, 0.29) is 16.9 Å². The van der Waals surface area contributed by atoms with E-state index in [0.29, 0.717) is 45.8 Å².